The fourth-order valence-corrected chi connectivity index (χ4v) is 9.63. The van der Waals surface area contributed by atoms with Crippen LogP contribution in [-0.2, 0) is 39.9 Å². The number of rotatable bonds is 9. The lowest BCUT2D eigenvalue weighted by atomic mass is 9.44. The Labute approximate surface area is 325 Å². The maximum atomic E-state index is 15.4. The molecule has 3 aromatic rings. The summed E-state index contributed by atoms with van der Waals surface area (Å²) in [6.07, 6.45) is -4.13. The van der Waals surface area contributed by atoms with E-state index in [2.05, 4.69) is 0 Å². The highest BCUT2D eigenvalue weighted by Gasteiger charge is 2.77. The maximum Gasteiger partial charge on any atom is 0.331 e. The second kappa shape index (κ2) is 14.6. The standard InChI is InChI=1S/C45H48O11/c1-26-32(47)23-45(52)41(53-24-29-12-8-6-9-13-29)39-43(5,33(48)22-34-44(39,25-54-34)56-27(2)46)40(51)38(36(26)42(45,3)4)55-35(49)21-18-28-16-19-31(20-17-28)37(50)30-14-10-7-11-15-30/h6-21,32-34,38-39,41,47-48,52H,22-25H2,1-5H3/b21-18+/t32-,33-,34+,38+,39-,41-,43+,44-,45+/m0/s1. The van der Waals surface area contributed by atoms with E-state index in [1.165, 1.54) is 13.0 Å². The SMILES string of the molecule is CC(=O)O[C@@]12CO[C@@H]1C[C@H](O)[C@@]1(C)C(=O)[C@H](OC(=O)/C=C/c3ccc(C(=O)c4ccccc4)cc3)C3=C(C)[C@@H](O)C[C@@](O)([C@@H](OCc4ccccc4)[C@H]21)C3(C)C. The minimum Gasteiger partial charge on any atom is -0.454 e. The summed E-state index contributed by atoms with van der Waals surface area (Å²) in [4.78, 5) is 55.0. The third-order valence-electron chi connectivity index (χ3n) is 12.8. The van der Waals surface area contributed by atoms with Gasteiger partial charge in [-0.15, -0.1) is 0 Å². The van der Waals surface area contributed by atoms with Gasteiger partial charge in [-0.05, 0) is 42.2 Å². The van der Waals surface area contributed by atoms with Gasteiger partial charge in [0, 0.05) is 48.3 Å². The Morgan fingerprint density at radius 2 is 1.54 bits per heavy atom. The van der Waals surface area contributed by atoms with Crippen molar-refractivity contribution >= 4 is 29.6 Å². The number of hydrogen-bond acceptors (Lipinski definition) is 11. The van der Waals surface area contributed by atoms with Crippen LogP contribution in [0.25, 0.3) is 6.08 Å². The summed E-state index contributed by atoms with van der Waals surface area (Å²) in [6.45, 7) is 7.71. The summed E-state index contributed by atoms with van der Waals surface area (Å²) in [5.74, 6) is -3.60. The first kappa shape index (κ1) is 39.5. The second-order valence-corrected chi connectivity index (χ2v) is 16.3. The Kier molecular flexibility index (Phi) is 10.3. The van der Waals surface area contributed by atoms with Crippen molar-refractivity contribution < 1.29 is 53.4 Å². The minimum absolute atomic E-state index is 0.0127. The Morgan fingerprint density at radius 1 is 0.911 bits per heavy atom. The van der Waals surface area contributed by atoms with E-state index >= 15 is 4.79 Å². The van der Waals surface area contributed by atoms with Crippen molar-refractivity contribution in [1.82, 2.24) is 0 Å². The molecule has 1 heterocycles. The molecule has 4 aliphatic rings. The van der Waals surface area contributed by atoms with Gasteiger partial charge >= 0.3 is 11.9 Å². The molecule has 0 amide bonds. The number of benzene rings is 3. The number of esters is 2. The molecule has 0 radical (unpaired) electrons. The molecule has 3 N–H and O–H groups in total. The van der Waals surface area contributed by atoms with Crippen LogP contribution in [0.2, 0.25) is 0 Å². The van der Waals surface area contributed by atoms with E-state index in [0.717, 1.165) is 11.6 Å². The predicted octanol–water partition coefficient (Wildman–Crippen LogP) is 4.94. The number of aliphatic hydroxyl groups is 3. The zero-order valence-electron chi connectivity index (χ0n) is 32.1. The Hall–Kier alpha value is -4.78. The molecule has 3 aromatic carbocycles. The van der Waals surface area contributed by atoms with Crippen LogP contribution in [0.15, 0.2) is 102 Å². The van der Waals surface area contributed by atoms with E-state index in [1.807, 2.05) is 36.4 Å². The molecule has 2 bridgehead atoms. The van der Waals surface area contributed by atoms with Crippen LogP contribution in [0.5, 0.6) is 0 Å². The summed E-state index contributed by atoms with van der Waals surface area (Å²) >= 11 is 0. The number of fused-ring (bicyclic) bond motifs is 5. The fraction of sp³-hybridized carbons (Fsp3) is 0.422. The van der Waals surface area contributed by atoms with Crippen molar-refractivity contribution in [3.63, 3.8) is 0 Å². The third kappa shape index (κ3) is 6.35. The van der Waals surface area contributed by atoms with Crippen LogP contribution in [0, 0.1) is 16.7 Å². The highest BCUT2D eigenvalue weighted by atomic mass is 16.6. The van der Waals surface area contributed by atoms with E-state index in [4.69, 9.17) is 18.9 Å². The molecule has 11 nitrogen and oxygen atoms in total. The number of aliphatic hydroxyl groups excluding tert-OH is 2. The topological polar surface area (TPSA) is 166 Å². The van der Waals surface area contributed by atoms with Gasteiger partial charge in [0.15, 0.2) is 23.3 Å². The highest BCUT2D eigenvalue weighted by molar-refractivity contribution is 6.09. The third-order valence-corrected chi connectivity index (χ3v) is 12.8. The number of Topliss-reactive ketones (excluding diaryl/α,β-unsaturated/α-hetero) is 1. The minimum atomic E-state index is -1.97. The van der Waals surface area contributed by atoms with Crippen molar-refractivity contribution in [2.24, 2.45) is 16.7 Å². The smallest absolute Gasteiger partial charge is 0.331 e. The number of ether oxygens (including phenoxy) is 4. The molecule has 3 aliphatic carbocycles. The summed E-state index contributed by atoms with van der Waals surface area (Å²) in [5.41, 5.74) is -3.78. The number of carbonyl (C=O) groups is 4. The molecular weight excluding hydrogens is 716 g/mol. The average molecular weight is 765 g/mol. The molecule has 7 rings (SSSR count). The zero-order chi connectivity index (χ0) is 40.2. The van der Waals surface area contributed by atoms with E-state index in [1.54, 1.807) is 76.2 Å². The average Bonchev–Trinajstić information content (AvgIpc) is 3.17. The first-order valence-corrected chi connectivity index (χ1v) is 18.9. The molecule has 11 heteroatoms. The molecular formula is C45H48O11. The van der Waals surface area contributed by atoms with Gasteiger partial charge in [0.05, 0.1) is 36.9 Å². The largest absolute Gasteiger partial charge is 0.454 e. The van der Waals surface area contributed by atoms with Gasteiger partial charge in [-0.3, -0.25) is 14.4 Å². The summed E-state index contributed by atoms with van der Waals surface area (Å²) in [7, 11) is 0. The van der Waals surface area contributed by atoms with Gasteiger partial charge in [0.2, 0.25) is 0 Å². The van der Waals surface area contributed by atoms with Crippen molar-refractivity contribution in [2.45, 2.75) is 95.8 Å². The molecule has 0 spiro atoms. The second-order valence-electron chi connectivity index (χ2n) is 16.3. The van der Waals surface area contributed by atoms with E-state index in [-0.39, 0.29) is 37.4 Å². The van der Waals surface area contributed by atoms with Gasteiger partial charge in [0.25, 0.3) is 0 Å². The lowest BCUT2D eigenvalue weighted by Gasteiger charge is -2.67. The summed E-state index contributed by atoms with van der Waals surface area (Å²) in [6, 6.07) is 24.8. The van der Waals surface area contributed by atoms with Gasteiger partial charge in [-0.2, -0.15) is 0 Å². The summed E-state index contributed by atoms with van der Waals surface area (Å²) in [5, 5.41) is 36.9. The summed E-state index contributed by atoms with van der Waals surface area (Å²) < 4.78 is 24.8. The van der Waals surface area contributed by atoms with Crippen LogP contribution in [0.3, 0.4) is 0 Å². The van der Waals surface area contributed by atoms with Gasteiger partial charge in [0.1, 0.15) is 11.7 Å². The van der Waals surface area contributed by atoms with E-state index < -0.39 is 76.2 Å². The van der Waals surface area contributed by atoms with Gasteiger partial charge in [-0.1, -0.05) is 98.8 Å². The van der Waals surface area contributed by atoms with E-state index in [0.29, 0.717) is 22.3 Å². The lowest BCUT2D eigenvalue weighted by molar-refractivity contribution is -0.351. The lowest BCUT2D eigenvalue weighted by Crippen LogP contribution is -2.81. The first-order valence-electron chi connectivity index (χ1n) is 18.9. The monoisotopic (exact) mass is 764 g/mol. The Balaban J connectivity index is 1.29. The first-order chi connectivity index (χ1) is 26.5. The molecule has 56 heavy (non-hydrogen) atoms. The number of hydrogen-bond donors (Lipinski definition) is 3. The molecule has 0 aromatic heterocycles. The van der Waals surface area contributed by atoms with Crippen LogP contribution in [-0.4, -0.2) is 87.2 Å². The zero-order valence-corrected chi connectivity index (χ0v) is 32.1. The van der Waals surface area contributed by atoms with Crippen molar-refractivity contribution in [3.05, 3.63) is 124 Å². The van der Waals surface area contributed by atoms with Crippen LogP contribution < -0.4 is 0 Å². The van der Waals surface area contributed by atoms with Gasteiger partial charge < -0.3 is 34.3 Å². The van der Waals surface area contributed by atoms with Crippen molar-refractivity contribution in [1.29, 1.82) is 0 Å². The number of ketones is 2. The van der Waals surface area contributed by atoms with Crippen LogP contribution in [0.4, 0.5) is 0 Å². The van der Waals surface area contributed by atoms with Crippen LogP contribution in [0.1, 0.15) is 74.5 Å². The van der Waals surface area contributed by atoms with Crippen LogP contribution >= 0.6 is 0 Å². The maximum absolute atomic E-state index is 15.4. The molecule has 2 saturated carbocycles. The fourth-order valence-electron chi connectivity index (χ4n) is 9.63. The number of carbonyl (C=O) groups excluding carboxylic acids is 4. The molecule has 0 unspecified atom stereocenters. The molecule has 3 fully saturated rings. The highest BCUT2D eigenvalue weighted by Crippen LogP contribution is 2.64. The molecule has 1 aliphatic heterocycles. The van der Waals surface area contributed by atoms with Crippen molar-refractivity contribution in [2.75, 3.05) is 6.61 Å². The molecule has 294 valence electrons. The Bertz CT molecular complexity index is 2070. The molecule has 9 atom stereocenters. The Morgan fingerprint density at radius 3 is 2.14 bits per heavy atom. The van der Waals surface area contributed by atoms with Gasteiger partial charge in [-0.25, -0.2) is 4.79 Å². The van der Waals surface area contributed by atoms with E-state index in [9.17, 15) is 29.7 Å². The molecule has 1 saturated heterocycles. The van der Waals surface area contributed by atoms with Crippen molar-refractivity contribution in [3.8, 4) is 0 Å². The normalized spacial score (nSPS) is 33.3. The predicted molar refractivity (Wildman–Crippen MR) is 204 cm³/mol. The quantitative estimate of drug-likeness (QED) is 0.117.